The predicted molar refractivity (Wildman–Crippen MR) is 77.8 cm³/mol. The van der Waals surface area contributed by atoms with E-state index in [4.69, 9.17) is 5.73 Å². The second-order valence-electron chi connectivity index (χ2n) is 5.69. The third-order valence-corrected chi connectivity index (χ3v) is 4.21. The van der Waals surface area contributed by atoms with Crippen LogP contribution in [0.3, 0.4) is 0 Å². The van der Waals surface area contributed by atoms with E-state index in [2.05, 4.69) is 36.5 Å². The Balaban J connectivity index is 1.84. The van der Waals surface area contributed by atoms with Crippen molar-refractivity contribution in [2.45, 2.75) is 39.0 Å². The van der Waals surface area contributed by atoms with Gasteiger partial charge in [0.15, 0.2) is 0 Å². The van der Waals surface area contributed by atoms with Crippen molar-refractivity contribution >= 4 is 5.91 Å². The van der Waals surface area contributed by atoms with Gasteiger partial charge in [-0.1, -0.05) is 42.7 Å². The fourth-order valence-electron chi connectivity index (χ4n) is 2.95. The second kappa shape index (κ2) is 6.20. The van der Waals surface area contributed by atoms with Gasteiger partial charge in [-0.2, -0.15) is 0 Å². The van der Waals surface area contributed by atoms with Gasteiger partial charge in [-0.15, -0.1) is 0 Å². The zero-order chi connectivity index (χ0) is 13.7. The molecule has 0 aromatic heterocycles. The fourth-order valence-corrected chi connectivity index (χ4v) is 2.95. The van der Waals surface area contributed by atoms with E-state index in [1.807, 2.05) is 0 Å². The van der Waals surface area contributed by atoms with Gasteiger partial charge in [-0.3, -0.25) is 4.79 Å². The molecular weight excluding hydrogens is 236 g/mol. The SMILES string of the molecule is Cc1cccc(CCNC(=O)C2(CN)CCCC2)c1. The lowest BCUT2D eigenvalue weighted by Crippen LogP contribution is -2.44. The number of hydrogen-bond donors (Lipinski definition) is 2. The Hall–Kier alpha value is -1.35. The van der Waals surface area contributed by atoms with Gasteiger partial charge in [0, 0.05) is 13.1 Å². The molecule has 0 atom stereocenters. The predicted octanol–water partition coefficient (Wildman–Crippen LogP) is 2.17. The van der Waals surface area contributed by atoms with Crippen molar-refractivity contribution < 1.29 is 4.79 Å². The number of nitrogens with one attached hydrogen (secondary N) is 1. The topological polar surface area (TPSA) is 55.1 Å². The van der Waals surface area contributed by atoms with Crippen molar-refractivity contribution in [1.29, 1.82) is 0 Å². The Morgan fingerprint density at radius 2 is 2.11 bits per heavy atom. The monoisotopic (exact) mass is 260 g/mol. The van der Waals surface area contributed by atoms with E-state index in [0.717, 1.165) is 32.1 Å². The zero-order valence-electron chi connectivity index (χ0n) is 11.7. The van der Waals surface area contributed by atoms with Gasteiger partial charge in [0.25, 0.3) is 0 Å². The van der Waals surface area contributed by atoms with Crippen LogP contribution in [-0.2, 0) is 11.2 Å². The molecule has 1 fully saturated rings. The standard InChI is InChI=1S/C16H24N2O/c1-13-5-4-6-14(11-13)7-10-18-15(19)16(12-17)8-2-3-9-16/h4-6,11H,2-3,7-10,12,17H2,1H3,(H,18,19). The van der Waals surface area contributed by atoms with E-state index in [9.17, 15) is 4.79 Å². The van der Waals surface area contributed by atoms with E-state index >= 15 is 0 Å². The van der Waals surface area contributed by atoms with Crippen LogP contribution < -0.4 is 11.1 Å². The summed E-state index contributed by atoms with van der Waals surface area (Å²) < 4.78 is 0. The maximum absolute atomic E-state index is 12.3. The highest BCUT2D eigenvalue weighted by molar-refractivity contribution is 5.83. The minimum absolute atomic E-state index is 0.153. The molecule has 0 spiro atoms. The summed E-state index contributed by atoms with van der Waals surface area (Å²) in [6, 6.07) is 8.42. The first-order valence-electron chi connectivity index (χ1n) is 7.20. The lowest BCUT2D eigenvalue weighted by Gasteiger charge is -2.25. The first kappa shape index (κ1) is 14.1. The molecule has 3 nitrogen and oxygen atoms in total. The Labute approximate surface area is 115 Å². The molecule has 0 radical (unpaired) electrons. The van der Waals surface area contributed by atoms with Gasteiger partial charge in [-0.05, 0) is 31.7 Å². The smallest absolute Gasteiger partial charge is 0.227 e. The summed E-state index contributed by atoms with van der Waals surface area (Å²) in [7, 11) is 0. The summed E-state index contributed by atoms with van der Waals surface area (Å²) in [5.41, 5.74) is 8.06. The highest BCUT2D eigenvalue weighted by Gasteiger charge is 2.39. The fraction of sp³-hybridized carbons (Fsp3) is 0.562. The van der Waals surface area contributed by atoms with Crippen LogP contribution in [0.25, 0.3) is 0 Å². The van der Waals surface area contributed by atoms with Crippen LogP contribution >= 0.6 is 0 Å². The van der Waals surface area contributed by atoms with E-state index in [0.29, 0.717) is 13.1 Å². The van der Waals surface area contributed by atoms with E-state index in [1.54, 1.807) is 0 Å². The average Bonchev–Trinajstić information content (AvgIpc) is 2.89. The Bertz CT molecular complexity index is 436. The molecule has 0 aliphatic heterocycles. The van der Waals surface area contributed by atoms with Gasteiger partial charge >= 0.3 is 0 Å². The maximum Gasteiger partial charge on any atom is 0.227 e. The van der Waals surface area contributed by atoms with Crippen LogP contribution in [0.5, 0.6) is 0 Å². The molecule has 19 heavy (non-hydrogen) atoms. The zero-order valence-corrected chi connectivity index (χ0v) is 11.7. The number of benzene rings is 1. The largest absolute Gasteiger partial charge is 0.355 e. The van der Waals surface area contributed by atoms with Crippen LogP contribution in [-0.4, -0.2) is 19.0 Å². The number of carbonyl (C=O) groups is 1. The van der Waals surface area contributed by atoms with Gasteiger partial charge < -0.3 is 11.1 Å². The molecule has 1 aliphatic carbocycles. The Morgan fingerprint density at radius 1 is 1.37 bits per heavy atom. The summed E-state index contributed by atoms with van der Waals surface area (Å²) in [6.07, 6.45) is 5.03. The first-order chi connectivity index (χ1) is 9.16. The summed E-state index contributed by atoms with van der Waals surface area (Å²) >= 11 is 0. The lowest BCUT2D eigenvalue weighted by molar-refractivity contribution is -0.130. The summed E-state index contributed by atoms with van der Waals surface area (Å²) in [5.74, 6) is 0.153. The quantitative estimate of drug-likeness (QED) is 0.852. The van der Waals surface area contributed by atoms with E-state index < -0.39 is 0 Å². The number of rotatable bonds is 5. The molecule has 0 saturated heterocycles. The summed E-state index contributed by atoms with van der Waals surface area (Å²) in [5, 5.41) is 3.07. The molecule has 3 heteroatoms. The van der Waals surface area contributed by atoms with Crippen molar-refractivity contribution in [2.75, 3.05) is 13.1 Å². The molecule has 0 bridgehead atoms. The highest BCUT2D eigenvalue weighted by atomic mass is 16.2. The van der Waals surface area contributed by atoms with E-state index in [-0.39, 0.29) is 11.3 Å². The highest BCUT2D eigenvalue weighted by Crippen LogP contribution is 2.37. The second-order valence-corrected chi connectivity index (χ2v) is 5.69. The molecule has 104 valence electrons. The van der Waals surface area contributed by atoms with Gasteiger partial charge in [0.2, 0.25) is 5.91 Å². The van der Waals surface area contributed by atoms with Gasteiger partial charge in [-0.25, -0.2) is 0 Å². The third kappa shape index (κ3) is 3.35. The number of carbonyl (C=O) groups excluding carboxylic acids is 1. The summed E-state index contributed by atoms with van der Waals surface area (Å²) in [6.45, 7) is 3.26. The molecule has 1 amide bonds. The lowest BCUT2D eigenvalue weighted by atomic mass is 9.85. The van der Waals surface area contributed by atoms with Gasteiger partial charge in [0.05, 0.1) is 5.41 Å². The molecular formula is C16H24N2O. The number of aryl methyl sites for hydroxylation is 1. The number of nitrogens with two attached hydrogens (primary N) is 1. The molecule has 1 aliphatic rings. The van der Waals surface area contributed by atoms with Crippen molar-refractivity contribution in [1.82, 2.24) is 5.32 Å². The normalized spacial score (nSPS) is 17.4. The van der Waals surface area contributed by atoms with Crippen LogP contribution in [0, 0.1) is 12.3 Å². The number of amides is 1. The molecule has 0 heterocycles. The van der Waals surface area contributed by atoms with Gasteiger partial charge in [0.1, 0.15) is 0 Å². The summed E-state index contributed by atoms with van der Waals surface area (Å²) in [4.78, 5) is 12.3. The van der Waals surface area contributed by atoms with Crippen molar-refractivity contribution in [3.8, 4) is 0 Å². The molecule has 1 aromatic carbocycles. The van der Waals surface area contributed by atoms with Crippen molar-refractivity contribution in [3.63, 3.8) is 0 Å². The van der Waals surface area contributed by atoms with Crippen LogP contribution in [0.2, 0.25) is 0 Å². The van der Waals surface area contributed by atoms with Crippen molar-refractivity contribution in [2.24, 2.45) is 11.1 Å². The molecule has 1 saturated carbocycles. The maximum atomic E-state index is 12.3. The van der Waals surface area contributed by atoms with Crippen LogP contribution in [0.15, 0.2) is 24.3 Å². The minimum atomic E-state index is -0.285. The van der Waals surface area contributed by atoms with Crippen molar-refractivity contribution in [3.05, 3.63) is 35.4 Å². The average molecular weight is 260 g/mol. The molecule has 0 unspecified atom stereocenters. The Kier molecular flexibility index (Phi) is 4.59. The molecule has 2 rings (SSSR count). The minimum Gasteiger partial charge on any atom is -0.355 e. The first-order valence-corrected chi connectivity index (χ1v) is 7.20. The Morgan fingerprint density at radius 3 is 2.74 bits per heavy atom. The van der Waals surface area contributed by atoms with Crippen LogP contribution in [0.1, 0.15) is 36.8 Å². The third-order valence-electron chi connectivity index (χ3n) is 4.21. The van der Waals surface area contributed by atoms with Crippen LogP contribution in [0.4, 0.5) is 0 Å². The molecule has 1 aromatic rings. The molecule has 3 N–H and O–H groups in total. The number of hydrogen-bond acceptors (Lipinski definition) is 2. The van der Waals surface area contributed by atoms with E-state index in [1.165, 1.54) is 11.1 Å².